The Morgan fingerprint density at radius 3 is 2.22 bits per heavy atom. The Hall–Kier alpha value is -0.520. The first-order valence-corrected chi connectivity index (χ1v) is 3.51. The van der Waals surface area contributed by atoms with Crippen LogP contribution in [0.5, 0.6) is 0 Å². The Labute approximate surface area is 58.3 Å². The average Bonchev–Trinajstić information content (AvgIpc) is 1.87. The molecule has 0 aromatic rings. The molecule has 0 aliphatic heterocycles. The van der Waals surface area contributed by atoms with E-state index in [1.807, 2.05) is 6.92 Å². The lowest BCUT2D eigenvalue weighted by atomic mass is 10.1. The van der Waals surface area contributed by atoms with Gasteiger partial charge in [0.15, 0.2) is 0 Å². The largest absolute Gasteiger partial charge is 0.0874 e. The van der Waals surface area contributed by atoms with Crippen LogP contribution in [0.1, 0.15) is 34.1 Å². The molecule has 0 nitrogen and oxygen atoms in total. The molecule has 0 unspecified atom stereocenters. The highest BCUT2D eigenvalue weighted by Gasteiger charge is 1.86. The number of allylic oxidation sites excluding steroid dienone is 4. The topological polar surface area (TPSA) is 0 Å². The van der Waals surface area contributed by atoms with Crippen LogP contribution in [0.2, 0.25) is 0 Å². The first-order valence-electron chi connectivity index (χ1n) is 3.51. The third kappa shape index (κ3) is 3.12. The van der Waals surface area contributed by atoms with Crippen molar-refractivity contribution in [3.05, 3.63) is 23.3 Å². The van der Waals surface area contributed by atoms with Crippen LogP contribution in [0, 0.1) is 0 Å². The van der Waals surface area contributed by atoms with Crippen LogP contribution >= 0.6 is 0 Å². The molecule has 0 rings (SSSR count). The van der Waals surface area contributed by atoms with Crippen molar-refractivity contribution in [1.82, 2.24) is 0 Å². The molecular weight excluding hydrogens is 108 g/mol. The molecule has 0 saturated heterocycles. The molecule has 0 amide bonds. The second-order valence-corrected chi connectivity index (χ2v) is 2.32. The van der Waals surface area contributed by atoms with Crippen molar-refractivity contribution in [2.24, 2.45) is 0 Å². The van der Waals surface area contributed by atoms with Crippen LogP contribution in [-0.4, -0.2) is 0 Å². The summed E-state index contributed by atoms with van der Waals surface area (Å²) in [6.07, 6.45) is 5.39. The van der Waals surface area contributed by atoms with Gasteiger partial charge in [-0.3, -0.25) is 0 Å². The van der Waals surface area contributed by atoms with Gasteiger partial charge in [0.05, 0.1) is 0 Å². The van der Waals surface area contributed by atoms with Crippen molar-refractivity contribution in [3.8, 4) is 0 Å². The molecular formula is C9H16. The lowest BCUT2D eigenvalue weighted by Gasteiger charge is -1.97. The van der Waals surface area contributed by atoms with E-state index in [0.717, 1.165) is 6.42 Å². The number of hydrogen-bond donors (Lipinski definition) is 0. The van der Waals surface area contributed by atoms with Crippen molar-refractivity contribution in [1.29, 1.82) is 0 Å². The summed E-state index contributed by atoms with van der Waals surface area (Å²) in [7, 11) is 0. The minimum atomic E-state index is 1.16. The molecule has 0 radical (unpaired) electrons. The van der Waals surface area contributed by atoms with Gasteiger partial charge in [0.1, 0.15) is 0 Å². The summed E-state index contributed by atoms with van der Waals surface area (Å²) in [6.45, 7) is 8.56. The van der Waals surface area contributed by atoms with Gasteiger partial charge in [-0.1, -0.05) is 30.2 Å². The molecule has 0 aromatic carbocycles. The van der Waals surface area contributed by atoms with Gasteiger partial charge >= 0.3 is 0 Å². The second-order valence-electron chi connectivity index (χ2n) is 2.32. The van der Waals surface area contributed by atoms with Crippen LogP contribution in [-0.2, 0) is 0 Å². The fourth-order valence-corrected chi connectivity index (χ4v) is 0.671. The first kappa shape index (κ1) is 8.48. The van der Waals surface area contributed by atoms with Gasteiger partial charge in [0.25, 0.3) is 0 Å². The van der Waals surface area contributed by atoms with E-state index in [4.69, 9.17) is 0 Å². The molecule has 0 N–H and O–H groups in total. The highest BCUT2D eigenvalue weighted by molar-refractivity contribution is 5.21. The molecule has 52 valence electrons. The first-order chi connectivity index (χ1) is 4.22. The van der Waals surface area contributed by atoms with Gasteiger partial charge in [-0.2, -0.15) is 0 Å². The third-order valence-corrected chi connectivity index (χ3v) is 1.62. The molecule has 0 bridgehead atoms. The van der Waals surface area contributed by atoms with Crippen LogP contribution < -0.4 is 0 Å². The van der Waals surface area contributed by atoms with Crippen LogP contribution in [0.15, 0.2) is 23.3 Å². The van der Waals surface area contributed by atoms with E-state index >= 15 is 0 Å². The summed E-state index contributed by atoms with van der Waals surface area (Å²) >= 11 is 0. The van der Waals surface area contributed by atoms with Crippen LogP contribution in [0.3, 0.4) is 0 Å². The smallest absolute Gasteiger partial charge is 0.0346 e. The maximum absolute atomic E-state index is 2.18. The van der Waals surface area contributed by atoms with E-state index in [-0.39, 0.29) is 0 Å². The zero-order chi connectivity index (χ0) is 7.28. The van der Waals surface area contributed by atoms with Gasteiger partial charge in [0, 0.05) is 0 Å². The van der Waals surface area contributed by atoms with E-state index in [9.17, 15) is 0 Å². The lowest BCUT2D eigenvalue weighted by Crippen LogP contribution is -1.76. The Balaban J connectivity index is 4.10. The summed E-state index contributed by atoms with van der Waals surface area (Å²) in [4.78, 5) is 0. The molecule has 0 spiro atoms. The zero-order valence-electron chi connectivity index (χ0n) is 6.86. The normalized spacial score (nSPS) is 14.2. The summed E-state index contributed by atoms with van der Waals surface area (Å²) in [5.74, 6) is 0. The highest BCUT2D eigenvalue weighted by Crippen LogP contribution is 2.07. The van der Waals surface area contributed by atoms with Crippen molar-refractivity contribution in [3.63, 3.8) is 0 Å². The lowest BCUT2D eigenvalue weighted by molar-refractivity contribution is 1.07. The number of hydrogen-bond acceptors (Lipinski definition) is 0. The molecule has 0 aliphatic rings. The average molecular weight is 124 g/mol. The Bertz CT molecular complexity index is 127. The van der Waals surface area contributed by atoms with Crippen molar-refractivity contribution < 1.29 is 0 Å². The Morgan fingerprint density at radius 1 is 1.33 bits per heavy atom. The summed E-state index contributed by atoms with van der Waals surface area (Å²) in [5.41, 5.74) is 2.88. The molecule has 0 saturated carbocycles. The minimum absolute atomic E-state index is 1.16. The van der Waals surface area contributed by atoms with Crippen molar-refractivity contribution in [2.75, 3.05) is 0 Å². The highest BCUT2D eigenvalue weighted by atomic mass is 13.9. The van der Waals surface area contributed by atoms with Gasteiger partial charge in [-0.25, -0.2) is 0 Å². The second kappa shape index (κ2) is 4.37. The minimum Gasteiger partial charge on any atom is -0.0874 e. The Kier molecular flexibility index (Phi) is 4.12. The van der Waals surface area contributed by atoms with E-state index < -0.39 is 0 Å². The third-order valence-electron chi connectivity index (χ3n) is 1.62. The molecule has 9 heavy (non-hydrogen) atoms. The fourth-order valence-electron chi connectivity index (χ4n) is 0.671. The predicted octanol–water partition coefficient (Wildman–Crippen LogP) is 3.31. The maximum Gasteiger partial charge on any atom is -0.0346 e. The van der Waals surface area contributed by atoms with Crippen LogP contribution in [0.25, 0.3) is 0 Å². The van der Waals surface area contributed by atoms with E-state index in [0.29, 0.717) is 0 Å². The standard InChI is InChI=1S/C9H16/c1-5-7-9(4)8(3)6-2/h5,7H,6H2,1-4H3/b7-5-,9-8-. The Morgan fingerprint density at radius 2 is 1.89 bits per heavy atom. The molecule has 0 aliphatic carbocycles. The molecule has 0 fully saturated rings. The van der Waals surface area contributed by atoms with Crippen molar-refractivity contribution >= 4 is 0 Å². The van der Waals surface area contributed by atoms with Gasteiger partial charge in [-0.05, 0) is 27.2 Å². The molecule has 0 aromatic heterocycles. The van der Waals surface area contributed by atoms with E-state index in [1.165, 1.54) is 11.1 Å². The molecule has 0 atom stereocenters. The van der Waals surface area contributed by atoms with Gasteiger partial charge in [-0.15, -0.1) is 0 Å². The summed E-state index contributed by atoms with van der Waals surface area (Å²) < 4.78 is 0. The summed E-state index contributed by atoms with van der Waals surface area (Å²) in [6, 6.07) is 0. The molecule has 0 heteroatoms. The van der Waals surface area contributed by atoms with E-state index in [1.54, 1.807) is 0 Å². The zero-order valence-corrected chi connectivity index (χ0v) is 6.86. The van der Waals surface area contributed by atoms with Gasteiger partial charge < -0.3 is 0 Å². The van der Waals surface area contributed by atoms with Crippen LogP contribution in [0.4, 0.5) is 0 Å². The summed E-state index contributed by atoms with van der Waals surface area (Å²) in [5, 5.41) is 0. The van der Waals surface area contributed by atoms with Gasteiger partial charge in [0.2, 0.25) is 0 Å². The monoisotopic (exact) mass is 124 g/mol. The maximum atomic E-state index is 2.18. The molecule has 0 heterocycles. The van der Waals surface area contributed by atoms with E-state index in [2.05, 4.69) is 32.9 Å². The quantitative estimate of drug-likeness (QED) is 0.495. The van der Waals surface area contributed by atoms with Crippen molar-refractivity contribution in [2.45, 2.75) is 34.1 Å². The SMILES string of the molecule is C/C=C\C(C)=C(\C)CC. The predicted molar refractivity (Wildman–Crippen MR) is 43.5 cm³/mol. The fraction of sp³-hybridized carbons (Fsp3) is 0.556. The number of rotatable bonds is 2.